The van der Waals surface area contributed by atoms with Gasteiger partial charge in [-0.2, -0.15) is 0 Å². The average Bonchev–Trinajstić information content (AvgIpc) is 2.31. The van der Waals surface area contributed by atoms with Gasteiger partial charge in [-0.25, -0.2) is 4.98 Å². The molecule has 18 heavy (non-hydrogen) atoms. The molecule has 0 radical (unpaired) electrons. The van der Waals surface area contributed by atoms with E-state index >= 15 is 0 Å². The molecule has 98 valence electrons. The fraction of sp³-hybridized carbons (Fsp3) is 0.417. The van der Waals surface area contributed by atoms with Gasteiger partial charge in [0.1, 0.15) is 5.15 Å². The van der Waals surface area contributed by atoms with E-state index in [2.05, 4.69) is 10.3 Å². The minimum absolute atomic E-state index is 0.0692. The van der Waals surface area contributed by atoms with Gasteiger partial charge < -0.3 is 10.1 Å². The molecule has 0 bridgehead atoms. The lowest BCUT2D eigenvalue weighted by Crippen LogP contribution is -2.15. The Morgan fingerprint density at radius 1 is 1.39 bits per heavy atom. The van der Waals surface area contributed by atoms with Gasteiger partial charge in [0.15, 0.2) is 0 Å². The third-order valence-corrected chi connectivity index (χ3v) is 2.40. The third-order valence-electron chi connectivity index (χ3n) is 2.19. The number of aromatic nitrogens is 1. The van der Waals surface area contributed by atoms with Crippen molar-refractivity contribution in [2.75, 3.05) is 11.9 Å². The molecule has 1 rings (SSSR count). The fourth-order valence-corrected chi connectivity index (χ4v) is 1.51. The molecule has 0 aliphatic rings. The number of esters is 1. The van der Waals surface area contributed by atoms with Crippen LogP contribution < -0.4 is 5.32 Å². The number of hydrogen-bond donors (Lipinski definition) is 1. The van der Waals surface area contributed by atoms with Gasteiger partial charge in [-0.3, -0.25) is 9.59 Å². The first kappa shape index (κ1) is 14.4. The second-order valence-electron chi connectivity index (χ2n) is 3.62. The topological polar surface area (TPSA) is 68.3 Å². The predicted octanol–water partition coefficient (Wildman–Crippen LogP) is 2.33. The van der Waals surface area contributed by atoms with Gasteiger partial charge in [-0.05, 0) is 26.0 Å². The molecule has 6 heteroatoms. The third kappa shape index (κ3) is 4.71. The highest BCUT2D eigenvalue weighted by molar-refractivity contribution is 6.29. The Morgan fingerprint density at radius 3 is 2.72 bits per heavy atom. The van der Waals surface area contributed by atoms with E-state index in [0.717, 1.165) is 0 Å². The van der Waals surface area contributed by atoms with E-state index in [0.29, 0.717) is 23.1 Å². The number of carbonyl (C=O) groups excluding carboxylic acids is 2. The molecule has 0 unspecified atom stereocenters. The standard InChI is InChI=1S/C12H15ClN2O3/c1-3-18-12(17)7-6-11(16)15-9-4-5-10(13)14-8(9)2/h4-5H,3,6-7H2,1-2H3,(H,15,16). The average molecular weight is 271 g/mol. The van der Waals surface area contributed by atoms with Crippen LogP contribution in [0.1, 0.15) is 25.5 Å². The Bertz CT molecular complexity index is 449. The summed E-state index contributed by atoms with van der Waals surface area (Å²) in [5, 5.41) is 3.04. The number of anilines is 1. The van der Waals surface area contributed by atoms with Crippen LogP contribution in [0.3, 0.4) is 0 Å². The first-order valence-corrected chi connectivity index (χ1v) is 5.99. The number of pyridine rings is 1. The van der Waals surface area contributed by atoms with Gasteiger partial charge in [-0.1, -0.05) is 11.6 Å². The molecular weight excluding hydrogens is 256 g/mol. The molecule has 0 aliphatic heterocycles. The first-order valence-electron chi connectivity index (χ1n) is 5.61. The summed E-state index contributed by atoms with van der Waals surface area (Å²) in [6, 6.07) is 3.27. The van der Waals surface area contributed by atoms with E-state index in [4.69, 9.17) is 16.3 Å². The number of carbonyl (C=O) groups is 2. The largest absolute Gasteiger partial charge is 0.466 e. The maximum Gasteiger partial charge on any atom is 0.306 e. The molecule has 0 saturated heterocycles. The lowest BCUT2D eigenvalue weighted by atomic mass is 10.2. The van der Waals surface area contributed by atoms with Crippen LogP contribution in [-0.2, 0) is 14.3 Å². The molecule has 0 saturated carbocycles. The van der Waals surface area contributed by atoms with Crippen LogP contribution in [0.4, 0.5) is 5.69 Å². The van der Waals surface area contributed by atoms with Crippen LogP contribution in [0, 0.1) is 6.92 Å². The van der Waals surface area contributed by atoms with Crippen molar-refractivity contribution in [3.05, 3.63) is 23.0 Å². The Balaban J connectivity index is 2.47. The van der Waals surface area contributed by atoms with Gasteiger partial charge in [0.25, 0.3) is 0 Å². The molecule has 1 amide bonds. The molecular formula is C12H15ClN2O3. The van der Waals surface area contributed by atoms with Crippen LogP contribution >= 0.6 is 11.6 Å². The number of rotatable bonds is 5. The van der Waals surface area contributed by atoms with Crippen molar-refractivity contribution in [2.45, 2.75) is 26.7 Å². The normalized spacial score (nSPS) is 9.94. The quantitative estimate of drug-likeness (QED) is 0.659. The van der Waals surface area contributed by atoms with E-state index in [1.165, 1.54) is 0 Å². The molecule has 0 atom stereocenters. The highest BCUT2D eigenvalue weighted by Crippen LogP contribution is 2.15. The van der Waals surface area contributed by atoms with Crippen LogP contribution in [0.25, 0.3) is 0 Å². The molecule has 0 aliphatic carbocycles. The first-order chi connectivity index (χ1) is 8.52. The number of nitrogens with zero attached hydrogens (tertiary/aromatic N) is 1. The SMILES string of the molecule is CCOC(=O)CCC(=O)Nc1ccc(Cl)nc1C. The number of nitrogens with one attached hydrogen (secondary N) is 1. The number of amides is 1. The summed E-state index contributed by atoms with van der Waals surface area (Å²) in [5.74, 6) is -0.631. The Labute approximate surface area is 110 Å². The van der Waals surface area contributed by atoms with E-state index in [1.54, 1.807) is 26.0 Å². The van der Waals surface area contributed by atoms with Crippen LogP contribution in [0.5, 0.6) is 0 Å². The summed E-state index contributed by atoms with van der Waals surface area (Å²) >= 11 is 5.71. The molecule has 1 N–H and O–H groups in total. The molecule has 1 aromatic heterocycles. The van der Waals surface area contributed by atoms with Gasteiger partial charge in [0.2, 0.25) is 5.91 Å². The second kappa shape index (κ2) is 6.96. The zero-order chi connectivity index (χ0) is 13.5. The van der Waals surface area contributed by atoms with Gasteiger partial charge in [0.05, 0.1) is 24.4 Å². The van der Waals surface area contributed by atoms with Crippen LogP contribution in [-0.4, -0.2) is 23.5 Å². The number of aryl methyl sites for hydroxylation is 1. The van der Waals surface area contributed by atoms with E-state index < -0.39 is 0 Å². The number of ether oxygens (including phenoxy) is 1. The number of halogens is 1. The van der Waals surface area contributed by atoms with Crippen molar-refractivity contribution in [2.24, 2.45) is 0 Å². The molecule has 0 spiro atoms. The van der Waals surface area contributed by atoms with Crippen molar-refractivity contribution >= 4 is 29.2 Å². The Morgan fingerprint density at radius 2 is 2.11 bits per heavy atom. The Kier molecular flexibility index (Phi) is 5.58. The molecule has 1 aromatic rings. The van der Waals surface area contributed by atoms with Gasteiger partial charge in [0, 0.05) is 6.42 Å². The summed E-state index contributed by atoms with van der Waals surface area (Å²) in [6.07, 6.45) is 0.153. The highest BCUT2D eigenvalue weighted by atomic mass is 35.5. The zero-order valence-electron chi connectivity index (χ0n) is 10.3. The summed E-state index contributed by atoms with van der Waals surface area (Å²) < 4.78 is 4.73. The summed E-state index contributed by atoms with van der Waals surface area (Å²) in [6.45, 7) is 3.79. The molecule has 0 fully saturated rings. The van der Waals surface area contributed by atoms with E-state index in [1.807, 2.05) is 0 Å². The van der Waals surface area contributed by atoms with Crippen molar-refractivity contribution in [1.29, 1.82) is 0 Å². The van der Waals surface area contributed by atoms with Gasteiger partial charge >= 0.3 is 5.97 Å². The predicted molar refractivity (Wildman–Crippen MR) is 68.5 cm³/mol. The van der Waals surface area contributed by atoms with Crippen molar-refractivity contribution < 1.29 is 14.3 Å². The van der Waals surface area contributed by atoms with E-state index in [9.17, 15) is 9.59 Å². The maximum atomic E-state index is 11.6. The minimum atomic E-state index is -0.376. The van der Waals surface area contributed by atoms with Crippen molar-refractivity contribution in [3.63, 3.8) is 0 Å². The molecule has 0 aromatic carbocycles. The molecule has 5 nitrogen and oxygen atoms in total. The lowest BCUT2D eigenvalue weighted by Gasteiger charge is -2.07. The lowest BCUT2D eigenvalue weighted by molar-refractivity contribution is -0.144. The summed E-state index contributed by atoms with van der Waals surface area (Å²) in [4.78, 5) is 26.7. The monoisotopic (exact) mass is 270 g/mol. The highest BCUT2D eigenvalue weighted by Gasteiger charge is 2.09. The van der Waals surface area contributed by atoms with Crippen LogP contribution in [0.15, 0.2) is 12.1 Å². The van der Waals surface area contributed by atoms with Crippen molar-refractivity contribution in [1.82, 2.24) is 4.98 Å². The smallest absolute Gasteiger partial charge is 0.306 e. The summed E-state index contributed by atoms with van der Waals surface area (Å²) in [5.41, 5.74) is 1.22. The molecule has 1 heterocycles. The second-order valence-corrected chi connectivity index (χ2v) is 4.01. The minimum Gasteiger partial charge on any atom is -0.466 e. The number of hydrogen-bond acceptors (Lipinski definition) is 4. The fourth-order valence-electron chi connectivity index (χ4n) is 1.32. The maximum absolute atomic E-state index is 11.6. The van der Waals surface area contributed by atoms with Crippen LogP contribution in [0.2, 0.25) is 5.15 Å². The van der Waals surface area contributed by atoms with E-state index in [-0.39, 0.29) is 24.7 Å². The zero-order valence-corrected chi connectivity index (χ0v) is 11.1. The van der Waals surface area contributed by atoms with Gasteiger partial charge in [-0.15, -0.1) is 0 Å². The van der Waals surface area contributed by atoms with Crippen molar-refractivity contribution in [3.8, 4) is 0 Å². The summed E-state index contributed by atoms with van der Waals surface area (Å²) in [7, 11) is 0. The Hall–Kier alpha value is -1.62.